The lowest BCUT2D eigenvalue weighted by atomic mass is 9.84. The van der Waals surface area contributed by atoms with E-state index in [0.717, 1.165) is 43.4 Å². The number of halogens is 1. The Balaban J connectivity index is 1.47. The summed E-state index contributed by atoms with van der Waals surface area (Å²) in [5, 5.41) is 11.7. The lowest BCUT2D eigenvalue weighted by Gasteiger charge is -2.24. The van der Waals surface area contributed by atoms with Crippen LogP contribution in [-0.4, -0.2) is 57.9 Å². The van der Waals surface area contributed by atoms with Gasteiger partial charge in [0.25, 0.3) is 0 Å². The average Bonchev–Trinajstić information content (AvgIpc) is 3.60. The summed E-state index contributed by atoms with van der Waals surface area (Å²) in [6, 6.07) is 13.0. The van der Waals surface area contributed by atoms with Crippen molar-refractivity contribution in [2.45, 2.75) is 57.1 Å². The molecule has 0 aliphatic carbocycles. The highest BCUT2D eigenvalue weighted by Crippen LogP contribution is 2.39. The molecule has 4 heterocycles. The second kappa shape index (κ2) is 12.1. The average molecular weight is 654 g/mol. The summed E-state index contributed by atoms with van der Waals surface area (Å²) in [5.74, 6) is -0.654. The standard InChI is InChI=1S/C31H32ClN5O5S2/c1-5-22-17-37(44(39,40)26-9-10-27(32)33-31(26)42-22)16-21-14-20(13-19-11-12-43-30(19)21)24(15-28(38)41-6-2)23-7-8-25-29(18(23)3)34-35-36(25)4/h7-14,22,24H,5-6,15-17H2,1-4H3/t22-,24?/m1/s1. The third-order valence-corrected chi connectivity index (χ3v) is 11.1. The van der Waals surface area contributed by atoms with Gasteiger partial charge in [-0.1, -0.05) is 35.9 Å². The Morgan fingerprint density at radius 2 is 2.02 bits per heavy atom. The van der Waals surface area contributed by atoms with E-state index in [4.69, 9.17) is 21.1 Å². The molecule has 2 atom stereocenters. The molecule has 1 aliphatic rings. The van der Waals surface area contributed by atoms with Gasteiger partial charge in [0.2, 0.25) is 15.9 Å². The van der Waals surface area contributed by atoms with Crippen molar-refractivity contribution in [3.8, 4) is 5.88 Å². The summed E-state index contributed by atoms with van der Waals surface area (Å²) in [5.41, 5.74) is 5.25. The second-order valence-electron chi connectivity index (χ2n) is 10.8. The number of thiophene rings is 1. The normalized spacial score (nSPS) is 17.2. The number of nitrogens with zero attached hydrogens (tertiary/aromatic N) is 5. The van der Waals surface area contributed by atoms with Crippen molar-refractivity contribution >= 4 is 60.0 Å². The second-order valence-corrected chi connectivity index (χ2v) is 14.0. The van der Waals surface area contributed by atoms with Crippen LogP contribution in [0.25, 0.3) is 21.1 Å². The summed E-state index contributed by atoms with van der Waals surface area (Å²) < 4.78 is 43.6. The Morgan fingerprint density at radius 3 is 2.80 bits per heavy atom. The predicted octanol–water partition coefficient (Wildman–Crippen LogP) is 5.99. The quantitative estimate of drug-likeness (QED) is 0.148. The summed E-state index contributed by atoms with van der Waals surface area (Å²) >= 11 is 7.64. The molecule has 1 aliphatic heterocycles. The van der Waals surface area contributed by atoms with Crippen molar-refractivity contribution in [2.24, 2.45) is 7.05 Å². The molecule has 0 spiro atoms. The minimum Gasteiger partial charge on any atom is -0.472 e. The largest absolute Gasteiger partial charge is 0.472 e. The molecule has 0 saturated carbocycles. The molecule has 6 rings (SSSR count). The number of carbonyl (C=O) groups is 1. The lowest BCUT2D eigenvalue weighted by Crippen LogP contribution is -2.36. The summed E-state index contributed by atoms with van der Waals surface area (Å²) in [7, 11) is -2.13. The van der Waals surface area contributed by atoms with Crippen molar-refractivity contribution in [3.63, 3.8) is 0 Å². The SMILES string of the molecule is CCOC(=O)CC(c1cc(CN2C[C@@H](CC)Oc3nc(Cl)ccc3S2(=O)=O)c2sccc2c1)c1ccc2c(nnn2C)c1C. The molecular weight excluding hydrogens is 622 g/mol. The number of ether oxygens (including phenoxy) is 2. The van der Waals surface area contributed by atoms with Gasteiger partial charge in [-0.3, -0.25) is 4.79 Å². The van der Waals surface area contributed by atoms with Gasteiger partial charge in [-0.25, -0.2) is 18.1 Å². The van der Waals surface area contributed by atoms with Gasteiger partial charge in [-0.15, -0.1) is 16.4 Å². The third-order valence-electron chi connectivity index (χ3n) is 8.08. The van der Waals surface area contributed by atoms with Crippen molar-refractivity contribution in [1.29, 1.82) is 0 Å². The summed E-state index contributed by atoms with van der Waals surface area (Å²) in [6.45, 7) is 6.26. The highest BCUT2D eigenvalue weighted by Gasteiger charge is 2.36. The minimum atomic E-state index is -3.97. The van der Waals surface area contributed by atoms with Crippen LogP contribution in [0, 0.1) is 6.92 Å². The number of hydrogen-bond donors (Lipinski definition) is 0. The maximum atomic E-state index is 14.0. The van der Waals surface area contributed by atoms with Crippen LogP contribution in [0.15, 0.2) is 52.7 Å². The van der Waals surface area contributed by atoms with Gasteiger partial charge >= 0.3 is 5.97 Å². The maximum absolute atomic E-state index is 14.0. The minimum absolute atomic E-state index is 0.00971. The van der Waals surface area contributed by atoms with Gasteiger partial charge in [-0.05, 0) is 83.6 Å². The topological polar surface area (TPSA) is 117 Å². The number of rotatable bonds is 8. The molecule has 230 valence electrons. The van der Waals surface area contributed by atoms with Crippen LogP contribution in [-0.2, 0) is 33.1 Å². The number of sulfonamides is 1. The molecule has 0 amide bonds. The van der Waals surface area contributed by atoms with E-state index in [9.17, 15) is 13.2 Å². The molecule has 0 saturated heterocycles. The van der Waals surface area contributed by atoms with Gasteiger partial charge in [-0.2, -0.15) is 4.31 Å². The number of esters is 1. The van der Waals surface area contributed by atoms with E-state index in [0.29, 0.717) is 6.42 Å². The smallest absolute Gasteiger partial charge is 0.306 e. The number of pyridine rings is 1. The fourth-order valence-electron chi connectivity index (χ4n) is 5.82. The van der Waals surface area contributed by atoms with Crippen LogP contribution in [0.3, 0.4) is 0 Å². The van der Waals surface area contributed by atoms with Crippen molar-refractivity contribution < 1.29 is 22.7 Å². The van der Waals surface area contributed by atoms with E-state index in [1.54, 1.807) is 22.9 Å². The molecule has 5 aromatic rings. The highest BCUT2D eigenvalue weighted by atomic mass is 35.5. The Labute approximate surface area is 264 Å². The van der Waals surface area contributed by atoms with Crippen LogP contribution < -0.4 is 4.74 Å². The summed E-state index contributed by atoms with van der Waals surface area (Å²) in [4.78, 5) is 17.1. The molecule has 2 aromatic carbocycles. The zero-order valence-corrected chi connectivity index (χ0v) is 27.2. The van der Waals surface area contributed by atoms with E-state index in [1.165, 1.54) is 16.4 Å². The van der Waals surface area contributed by atoms with E-state index in [-0.39, 0.29) is 53.9 Å². The molecular formula is C31H32ClN5O5S2. The molecule has 0 radical (unpaired) electrons. The van der Waals surface area contributed by atoms with Gasteiger partial charge in [0.15, 0.2) is 0 Å². The van der Waals surface area contributed by atoms with E-state index >= 15 is 0 Å². The number of benzene rings is 2. The van der Waals surface area contributed by atoms with Crippen molar-refractivity contribution in [2.75, 3.05) is 13.2 Å². The Morgan fingerprint density at radius 1 is 1.20 bits per heavy atom. The van der Waals surface area contributed by atoms with Crippen LogP contribution in [0.4, 0.5) is 0 Å². The number of carbonyl (C=O) groups excluding carboxylic acids is 1. The first-order valence-electron chi connectivity index (χ1n) is 14.4. The first kappa shape index (κ1) is 30.4. The Hall–Kier alpha value is -3.58. The zero-order chi connectivity index (χ0) is 31.2. The Bertz CT molecular complexity index is 1990. The van der Waals surface area contributed by atoms with Gasteiger partial charge in [0.1, 0.15) is 21.7 Å². The molecule has 0 fully saturated rings. The fraction of sp³-hybridized carbons (Fsp3) is 0.355. The number of aromatic nitrogens is 4. The van der Waals surface area contributed by atoms with Crippen LogP contribution in [0.1, 0.15) is 54.9 Å². The lowest BCUT2D eigenvalue weighted by molar-refractivity contribution is -0.143. The van der Waals surface area contributed by atoms with Crippen LogP contribution in [0.2, 0.25) is 5.15 Å². The first-order chi connectivity index (χ1) is 21.1. The number of aryl methyl sites for hydroxylation is 2. The molecule has 44 heavy (non-hydrogen) atoms. The molecule has 0 bridgehead atoms. The Kier molecular flexibility index (Phi) is 8.35. The molecule has 0 N–H and O–H groups in total. The molecule has 10 nitrogen and oxygen atoms in total. The summed E-state index contributed by atoms with van der Waals surface area (Å²) in [6.07, 6.45) is 0.292. The van der Waals surface area contributed by atoms with Gasteiger partial charge < -0.3 is 9.47 Å². The van der Waals surface area contributed by atoms with E-state index in [1.807, 2.05) is 50.5 Å². The van der Waals surface area contributed by atoms with Gasteiger partial charge in [0, 0.05) is 24.2 Å². The van der Waals surface area contributed by atoms with Crippen LogP contribution in [0.5, 0.6) is 5.88 Å². The fourth-order valence-corrected chi connectivity index (χ4v) is 8.35. The number of fused-ring (bicyclic) bond motifs is 3. The third kappa shape index (κ3) is 5.55. The molecule has 13 heteroatoms. The monoisotopic (exact) mass is 653 g/mol. The van der Waals surface area contributed by atoms with Crippen LogP contribution >= 0.6 is 22.9 Å². The van der Waals surface area contributed by atoms with Crippen molar-refractivity contribution in [3.05, 3.63) is 75.3 Å². The van der Waals surface area contributed by atoms with Crippen molar-refractivity contribution in [1.82, 2.24) is 24.3 Å². The number of hydrogen-bond acceptors (Lipinski definition) is 9. The predicted molar refractivity (Wildman–Crippen MR) is 170 cm³/mol. The van der Waals surface area contributed by atoms with E-state index in [2.05, 4.69) is 21.4 Å². The van der Waals surface area contributed by atoms with Gasteiger partial charge in [0.05, 0.1) is 25.1 Å². The molecule has 1 unspecified atom stereocenters. The first-order valence-corrected chi connectivity index (χ1v) is 17.1. The maximum Gasteiger partial charge on any atom is 0.306 e. The zero-order valence-electron chi connectivity index (χ0n) is 24.8. The highest BCUT2D eigenvalue weighted by molar-refractivity contribution is 7.89. The van der Waals surface area contributed by atoms with E-state index < -0.39 is 16.1 Å². The molecule has 3 aromatic heterocycles.